The number of ether oxygens (including phenoxy) is 1. The van der Waals surface area contributed by atoms with E-state index in [2.05, 4.69) is 15.0 Å². The maximum atomic E-state index is 12.6. The molecule has 1 saturated carbocycles. The molecule has 126 valence electrons. The van der Waals surface area contributed by atoms with Gasteiger partial charge in [0.05, 0.1) is 19.1 Å². The van der Waals surface area contributed by atoms with Crippen molar-refractivity contribution in [3.05, 3.63) is 48.3 Å². The molecule has 1 N–H and O–H groups in total. The van der Waals surface area contributed by atoms with E-state index in [0.717, 1.165) is 19.1 Å². The predicted octanol–water partition coefficient (Wildman–Crippen LogP) is 2.09. The van der Waals surface area contributed by atoms with Crippen LogP contribution in [0.25, 0.3) is 0 Å². The van der Waals surface area contributed by atoms with Crippen LogP contribution in [0.4, 0.5) is 0 Å². The largest absolute Gasteiger partial charge is 0.381 e. The van der Waals surface area contributed by atoms with Crippen LogP contribution in [-0.4, -0.2) is 52.1 Å². The van der Waals surface area contributed by atoms with Crippen LogP contribution in [0.1, 0.15) is 34.8 Å². The van der Waals surface area contributed by atoms with Gasteiger partial charge in [-0.25, -0.2) is 4.98 Å². The van der Waals surface area contributed by atoms with Crippen molar-refractivity contribution in [2.24, 2.45) is 11.8 Å². The topological polar surface area (TPSA) is 71.1 Å². The van der Waals surface area contributed by atoms with Gasteiger partial charge in [-0.3, -0.25) is 9.78 Å². The number of hydrogen-bond donors (Lipinski definition) is 1. The van der Waals surface area contributed by atoms with Crippen molar-refractivity contribution in [1.29, 1.82) is 0 Å². The van der Waals surface area contributed by atoms with Gasteiger partial charge in [0.15, 0.2) is 0 Å². The van der Waals surface area contributed by atoms with Gasteiger partial charge in [-0.15, -0.1) is 0 Å². The summed E-state index contributed by atoms with van der Waals surface area (Å²) < 4.78 is 5.94. The lowest BCUT2D eigenvalue weighted by molar-refractivity contribution is 0.0735. The quantitative estimate of drug-likeness (QED) is 0.882. The van der Waals surface area contributed by atoms with Gasteiger partial charge < -0.3 is 14.6 Å². The van der Waals surface area contributed by atoms with Gasteiger partial charge in [0.1, 0.15) is 5.69 Å². The first kappa shape index (κ1) is 15.3. The van der Waals surface area contributed by atoms with E-state index in [1.807, 2.05) is 29.4 Å². The molecule has 2 fully saturated rings. The minimum Gasteiger partial charge on any atom is -0.381 e. The molecule has 2 aromatic heterocycles. The zero-order valence-corrected chi connectivity index (χ0v) is 13.6. The number of H-pyrrole nitrogens is 1. The number of nitrogens with one attached hydrogen (secondary N) is 1. The second-order valence-corrected chi connectivity index (χ2v) is 6.80. The van der Waals surface area contributed by atoms with Crippen LogP contribution >= 0.6 is 0 Å². The smallest absolute Gasteiger partial charge is 0.271 e. The Labute approximate surface area is 141 Å². The molecule has 1 saturated heterocycles. The Hall–Kier alpha value is -2.21. The standard InChI is InChI=1S/C18H22N4O2/c23-18(17-7-20-12-21-17)22-8-15(11-24-10-13-1-2-13)16(9-22)14-3-5-19-6-4-14/h3-7,12-13,15-16H,1-2,8-11H2,(H,20,21)/t15-,16-/m0/s1. The first-order valence-electron chi connectivity index (χ1n) is 8.56. The average molecular weight is 326 g/mol. The Morgan fingerprint density at radius 1 is 1.21 bits per heavy atom. The van der Waals surface area contributed by atoms with Gasteiger partial charge in [-0.1, -0.05) is 0 Å². The van der Waals surface area contributed by atoms with E-state index < -0.39 is 0 Å². The molecule has 0 radical (unpaired) electrons. The summed E-state index contributed by atoms with van der Waals surface area (Å²) in [5.74, 6) is 1.38. The minimum absolute atomic E-state index is 0.0104. The summed E-state index contributed by atoms with van der Waals surface area (Å²) in [6.07, 6.45) is 9.35. The summed E-state index contributed by atoms with van der Waals surface area (Å²) >= 11 is 0. The Balaban J connectivity index is 1.47. The Morgan fingerprint density at radius 2 is 2.04 bits per heavy atom. The summed E-state index contributed by atoms with van der Waals surface area (Å²) in [4.78, 5) is 25.5. The second kappa shape index (κ2) is 6.73. The molecule has 2 aliphatic rings. The van der Waals surface area contributed by atoms with Crippen LogP contribution in [-0.2, 0) is 4.74 Å². The molecule has 6 heteroatoms. The molecule has 3 heterocycles. The van der Waals surface area contributed by atoms with E-state index >= 15 is 0 Å². The summed E-state index contributed by atoms with van der Waals surface area (Å²) in [6, 6.07) is 4.09. The molecule has 0 unspecified atom stereocenters. The summed E-state index contributed by atoms with van der Waals surface area (Å²) in [5.41, 5.74) is 1.77. The van der Waals surface area contributed by atoms with Crippen LogP contribution in [0.2, 0.25) is 0 Å². The summed E-state index contributed by atoms with van der Waals surface area (Å²) in [7, 11) is 0. The van der Waals surface area contributed by atoms with Crippen molar-refractivity contribution in [1.82, 2.24) is 19.9 Å². The molecule has 6 nitrogen and oxygen atoms in total. The third-order valence-electron chi connectivity index (χ3n) is 4.97. The Kier molecular flexibility index (Phi) is 4.30. The first-order valence-corrected chi connectivity index (χ1v) is 8.56. The van der Waals surface area contributed by atoms with Crippen molar-refractivity contribution < 1.29 is 9.53 Å². The van der Waals surface area contributed by atoms with Crippen LogP contribution < -0.4 is 0 Å². The molecular weight excluding hydrogens is 304 g/mol. The van der Waals surface area contributed by atoms with E-state index in [9.17, 15) is 4.79 Å². The number of pyridine rings is 1. The molecule has 1 aliphatic heterocycles. The van der Waals surface area contributed by atoms with Gasteiger partial charge in [0.2, 0.25) is 0 Å². The van der Waals surface area contributed by atoms with Crippen LogP contribution in [0.15, 0.2) is 37.1 Å². The number of rotatable bonds is 6. The number of hydrogen-bond acceptors (Lipinski definition) is 4. The summed E-state index contributed by atoms with van der Waals surface area (Å²) in [5, 5.41) is 0. The zero-order valence-electron chi connectivity index (χ0n) is 13.6. The number of likely N-dealkylation sites (tertiary alicyclic amines) is 1. The fraction of sp³-hybridized carbons (Fsp3) is 0.500. The molecule has 2 atom stereocenters. The monoisotopic (exact) mass is 326 g/mol. The highest BCUT2D eigenvalue weighted by Gasteiger charge is 2.37. The fourth-order valence-electron chi connectivity index (χ4n) is 3.41. The van der Waals surface area contributed by atoms with E-state index in [1.165, 1.54) is 18.4 Å². The van der Waals surface area contributed by atoms with Gasteiger partial charge in [-0.05, 0) is 36.5 Å². The normalized spacial score (nSPS) is 23.6. The first-order chi connectivity index (χ1) is 11.8. The lowest BCUT2D eigenvalue weighted by atomic mass is 9.90. The van der Waals surface area contributed by atoms with Crippen molar-refractivity contribution in [2.75, 3.05) is 26.3 Å². The van der Waals surface area contributed by atoms with Gasteiger partial charge in [0, 0.05) is 43.9 Å². The average Bonchev–Trinajstić information content (AvgIpc) is 3.12. The van der Waals surface area contributed by atoms with E-state index in [-0.39, 0.29) is 5.91 Å². The highest BCUT2D eigenvalue weighted by molar-refractivity contribution is 5.92. The Morgan fingerprint density at radius 3 is 2.75 bits per heavy atom. The highest BCUT2D eigenvalue weighted by atomic mass is 16.5. The molecule has 0 aromatic carbocycles. The van der Waals surface area contributed by atoms with Gasteiger partial charge >= 0.3 is 0 Å². The number of amides is 1. The van der Waals surface area contributed by atoms with E-state index in [1.54, 1.807) is 12.5 Å². The van der Waals surface area contributed by atoms with Crippen LogP contribution in [0.5, 0.6) is 0 Å². The Bertz CT molecular complexity index is 670. The molecule has 4 rings (SSSR count). The third-order valence-corrected chi connectivity index (χ3v) is 4.97. The van der Waals surface area contributed by atoms with Crippen LogP contribution in [0, 0.1) is 11.8 Å². The maximum Gasteiger partial charge on any atom is 0.271 e. The number of aromatic amines is 1. The van der Waals surface area contributed by atoms with E-state index in [4.69, 9.17) is 4.74 Å². The van der Waals surface area contributed by atoms with E-state index in [0.29, 0.717) is 30.7 Å². The van der Waals surface area contributed by atoms with Gasteiger partial charge in [-0.2, -0.15) is 0 Å². The second-order valence-electron chi connectivity index (χ2n) is 6.80. The van der Waals surface area contributed by atoms with Crippen molar-refractivity contribution in [3.8, 4) is 0 Å². The van der Waals surface area contributed by atoms with Crippen LogP contribution in [0.3, 0.4) is 0 Å². The molecule has 2 aromatic rings. The number of carbonyl (C=O) groups is 1. The third kappa shape index (κ3) is 3.33. The predicted molar refractivity (Wildman–Crippen MR) is 88.5 cm³/mol. The number of aromatic nitrogens is 3. The molecule has 1 aliphatic carbocycles. The SMILES string of the molecule is O=C(c1cnc[nH]1)N1C[C@@H](COCC2CC2)[C@H](c2ccncc2)C1. The molecular formula is C18H22N4O2. The lowest BCUT2D eigenvalue weighted by Crippen LogP contribution is -2.29. The van der Waals surface area contributed by atoms with Gasteiger partial charge in [0.25, 0.3) is 5.91 Å². The fourth-order valence-corrected chi connectivity index (χ4v) is 3.41. The number of nitrogens with zero attached hydrogens (tertiary/aromatic N) is 3. The molecule has 24 heavy (non-hydrogen) atoms. The maximum absolute atomic E-state index is 12.6. The summed E-state index contributed by atoms with van der Waals surface area (Å²) in [6.45, 7) is 2.99. The molecule has 0 spiro atoms. The minimum atomic E-state index is 0.0104. The number of imidazole rings is 1. The van der Waals surface area contributed by atoms with Crippen molar-refractivity contribution in [3.63, 3.8) is 0 Å². The molecule has 0 bridgehead atoms. The number of carbonyl (C=O) groups excluding carboxylic acids is 1. The lowest BCUT2D eigenvalue weighted by Gasteiger charge is -2.18. The highest BCUT2D eigenvalue weighted by Crippen LogP contribution is 2.34. The zero-order chi connectivity index (χ0) is 16.4. The van der Waals surface area contributed by atoms with Crippen molar-refractivity contribution >= 4 is 5.91 Å². The molecule has 1 amide bonds. The van der Waals surface area contributed by atoms with Crippen molar-refractivity contribution in [2.45, 2.75) is 18.8 Å².